The molecule has 0 spiro atoms. The van der Waals surface area contributed by atoms with Gasteiger partial charge in [-0.25, -0.2) is 0 Å². The number of ether oxygens (including phenoxy) is 1. The summed E-state index contributed by atoms with van der Waals surface area (Å²) in [5, 5.41) is 6.50. The van der Waals surface area contributed by atoms with Crippen LogP contribution >= 0.6 is 11.3 Å². The van der Waals surface area contributed by atoms with E-state index in [1.54, 1.807) is 6.07 Å². The quantitative estimate of drug-likeness (QED) is 0.647. The number of amides is 1. The van der Waals surface area contributed by atoms with Crippen molar-refractivity contribution >= 4 is 23.2 Å². The summed E-state index contributed by atoms with van der Waals surface area (Å²) >= 11 is 1.50. The van der Waals surface area contributed by atoms with Crippen molar-refractivity contribution in [2.24, 2.45) is 5.92 Å². The first-order valence-electron chi connectivity index (χ1n) is 7.65. The van der Waals surface area contributed by atoms with Crippen LogP contribution < -0.4 is 5.32 Å². The lowest BCUT2D eigenvalue weighted by Crippen LogP contribution is -2.26. The Morgan fingerprint density at radius 1 is 1.43 bits per heavy atom. The van der Waals surface area contributed by atoms with Crippen molar-refractivity contribution in [3.63, 3.8) is 0 Å². The van der Waals surface area contributed by atoms with Crippen molar-refractivity contribution in [1.29, 1.82) is 0 Å². The summed E-state index contributed by atoms with van der Waals surface area (Å²) in [5.41, 5.74) is 0.679. The van der Waals surface area contributed by atoms with Crippen LogP contribution in [0.1, 0.15) is 55.8 Å². The van der Waals surface area contributed by atoms with Gasteiger partial charge in [-0.1, -0.05) is 13.3 Å². The molecule has 0 bridgehead atoms. The van der Waals surface area contributed by atoms with Crippen molar-refractivity contribution in [3.05, 3.63) is 22.4 Å². The van der Waals surface area contributed by atoms with Gasteiger partial charge >= 0.3 is 5.97 Å². The van der Waals surface area contributed by atoms with Gasteiger partial charge in [0.2, 0.25) is 0 Å². The Bertz CT molecular complexity index is 458. The summed E-state index contributed by atoms with van der Waals surface area (Å²) in [5.74, 6) is 0.436. The molecule has 1 saturated carbocycles. The Kier molecular flexibility index (Phi) is 6.23. The lowest BCUT2D eigenvalue weighted by atomic mass is 9.89. The van der Waals surface area contributed by atoms with Crippen molar-refractivity contribution in [2.75, 3.05) is 6.54 Å². The van der Waals surface area contributed by atoms with Gasteiger partial charge in [0.1, 0.15) is 6.10 Å². The van der Waals surface area contributed by atoms with Gasteiger partial charge in [0.25, 0.3) is 5.91 Å². The standard InChI is InChI=1S/C16H23NO3S/c1-12-4-2-5-14(10-12)20-15(18)6-3-8-17-16(19)13-7-9-21-11-13/h7,9,11-12,14H,2-6,8,10H2,1H3,(H,17,19). The smallest absolute Gasteiger partial charge is 0.306 e. The number of thiophene rings is 1. The average Bonchev–Trinajstić information content (AvgIpc) is 2.97. The van der Waals surface area contributed by atoms with E-state index in [0.717, 1.165) is 19.3 Å². The molecule has 4 nitrogen and oxygen atoms in total. The number of carbonyl (C=O) groups excluding carboxylic acids is 2. The normalized spacial score (nSPS) is 21.8. The van der Waals surface area contributed by atoms with Crippen molar-refractivity contribution in [1.82, 2.24) is 5.32 Å². The van der Waals surface area contributed by atoms with Gasteiger partial charge in [-0.15, -0.1) is 0 Å². The maximum atomic E-state index is 11.8. The van der Waals surface area contributed by atoms with Crippen LogP contribution in [0.3, 0.4) is 0 Å². The van der Waals surface area contributed by atoms with Crippen molar-refractivity contribution < 1.29 is 14.3 Å². The van der Waals surface area contributed by atoms with E-state index in [-0.39, 0.29) is 18.0 Å². The molecule has 1 amide bonds. The van der Waals surface area contributed by atoms with Crippen LogP contribution in [0, 0.1) is 5.92 Å². The zero-order valence-corrected chi connectivity index (χ0v) is 13.3. The molecule has 5 heteroatoms. The number of carbonyl (C=O) groups is 2. The summed E-state index contributed by atoms with van der Waals surface area (Å²) < 4.78 is 5.49. The molecule has 0 radical (unpaired) electrons. The summed E-state index contributed by atoms with van der Waals surface area (Å²) in [6.07, 6.45) is 5.46. The highest BCUT2D eigenvalue weighted by Gasteiger charge is 2.21. The van der Waals surface area contributed by atoms with Gasteiger partial charge < -0.3 is 10.1 Å². The highest BCUT2D eigenvalue weighted by molar-refractivity contribution is 7.08. The third kappa shape index (κ3) is 5.50. The van der Waals surface area contributed by atoms with Gasteiger partial charge in [0.05, 0.1) is 0 Å². The lowest BCUT2D eigenvalue weighted by Gasteiger charge is -2.26. The minimum Gasteiger partial charge on any atom is -0.462 e. The Balaban J connectivity index is 1.58. The van der Waals surface area contributed by atoms with Crippen LogP contribution in [0.4, 0.5) is 0 Å². The van der Waals surface area contributed by atoms with E-state index in [1.807, 2.05) is 10.8 Å². The van der Waals surface area contributed by atoms with Crippen LogP contribution in [-0.4, -0.2) is 24.5 Å². The minimum atomic E-state index is -0.140. The summed E-state index contributed by atoms with van der Waals surface area (Å²) in [6.45, 7) is 2.71. The molecule has 2 unspecified atom stereocenters. The Morgan fingerprint density at radius 3 is 3.00 bits per heavy atom. The van der Waals surface area contributed by atoms with Crippen LogP contribution in [0.2, 0.25) is 0 Å². The first kappa shape index (κ1) is 16.0. The van der Waals surface area contributed by atoms with Crippen molar-refractivity contribution in [2.45, 2.75) is 51.6 Å². The van der Waals surface area contributed by atoms with E-state index >= 15 is 0 Å². The number of rotatable bonds is 6. The highest BCUT2D eigenvalue weighted by Crippen LogP contribution is 2.25. The Morgan fingerprint density at radius 2 is 2.29 bits per heavy atom. The molecule has 116 valence electrons. The monoisotopic (exact) mass is 309 g/mol. The second-order valence-corrected chi connectivity index (χ2v) is 6.54. The van der Waals surface area contributed by atoms with E-state index < -0.39 is 0 Å². The predicted octanol–water partition coefficient (Wildman–Crippen LogP) is 3.38. The van der Waals surface area contributed by atoms with Gasteiger partial charge in [-0.05, 0) is 43.0 Å². The fraction of sp³-hybridized carbons (Fsp3) is 0.625. The molecular weight excluding hydrogens is 286 g/mol. The molecule has 2 rings (SSSR count). The second kappa shape index (κ2) is 8.17. The minimum absolute atomic E-state index is 0.0780. The van der Waals surface area contributed by atoms with Gasteiger partial charge in [0.15, 0.2) is 0 Å². The first-order chi connectivity index (χ1) is 10.1. The molecule has 1 aliphatic rings. The van der Waals surface area contributed by atoms with Crippen LogP contribution in [0.5, 0.6) is 0 Å². The molecule has 1 heterocycles. The largest absolute Gasteiger partial charge is 0.462 e. The molecule has 0 aromatic carbocycles. The van der Waals surface area contributed by atoms with E-state index in [1.165, 1.54) is 17.8 Å². The lowest BCUT2D eigenvalue weighted by molar-refractivity contribution is -0.151. The average molecular weight is 309 g/mol. The molecular formula is C16H23NO3S. The fourth-order valence-corrected chi connectivity index (χ4v) is 3.30. The van der Waals surface area contributed by atoms with E-state index in [4.69, 9.17) is 4.74 Å². The highest BCUT2D eigenvalue weighted by atomic mass is 32.1. The fourth-order valence-electron chi connectivity index (χ4n) is 2.66. The predicted molar refractivity (Wildman–Crippen MR) is 83.4 cm³/mol. The number of hydrogen-bond acceptors (Lipinski definition) is 4. The molecule has 1 N–H and O–H groups in total. The maximum absolute atomic E-state index is 11.8. The molecule has 2 atom stereocenters. The third-order valence-corrected chi connectivity index (χ3v) is 4.50. The van der Waals surface area contributed by atoms with Gasteiger partial charge in [-0.2, -0.15) is 11.3 Å². The first-order valence-corrected chi connectivity index (χ1v) is 8.59. The van der Waals surface area contributed by atoms with Crippen LogP contribution in [0.15, 0.2) is 16.8 Å². The molecule has 1 fully saturated rings. The van der Waals surface area contributed by atoms with Crippen LogP contribution in [-0.2, 0) is 9.53 Å². The zero-order chi connectivity index (χ0) is 15.1. The Labute approximate surface area is 129 Å². The van der Waals surface area contributed by atoms with Crippen LogP contribution in [0.25, 0.3) is 0 Å². The van der Waals surface area contributed by atoms with Gasteiger partial charge in [0, 0.05) is 23.9 Å². The van der Waals surface area contributed by atoms with Crippen molar-refractivity contribution in [3.8, 4) is 0 Å². The molecule has 1 aromatic heterocycles. The van der Waals surface area contributed by atoms with E-state index in [2.05, 4.69) is 12.2 Å². The molecule has 0 saturated heterocycles. The number of nitrogens with one attached hydrogen (secondary N) is 1. The number of hydrogen-bond donors (Lipinski definition) is 1. The maximum Gasteiger partial charge on any atom is 0.306 e. The summed E-state index contributed by atoms with van der Waals surface area (Å²) in [4.78, 5) is 23.4. The topological polar surface area (TPSA) is 55.4 Å². The summed E-state index contributed by atoms with van der Waals surface area (Å²) in [7, 11) is 0. The Hall–Kier alpha value is -1.36. The molecule has 0 aliphatic heterocycles. The summed E-state index contributed by atoms with van der Waals surface area (Å²) in [6, 6.07) is 1.79. The molecule has 21 heavy (non-hydrogen) atoms. The third-order valence-electron chi connectivity index (χ3n) is 3.81. The van der Waals surface area contributed by atoms with E-state index in [9.17, 15) is 9.59 Å². The second-order valence-electron chi connectivity index (χ2n) is 5.76. The molecule has 1 aliphatic carbocycles. The van der Waals surface area contributed by atoms with E-state index in [0.29, 0.717) is 30.9 Å². The zero-order valence-electron chi connectivity index (χ0n) is 12.5. The number of esters is 1. The van der Waals surface area contributed by atoms with Gasteiger partial charge in [-0.3, -0.25) is 9.59 Å². The SMILES string of the molecule is CC1CCCC(OC(=O)CCCNC(=O)c2ccsc2)C1. The molecule has 1 aromatic rings.